The molecule has 0 aliphatic heterocycles. The summed E-state index contributed by atoms with van der Waals surface area (Å²) >= 11 is 17.8. The third-order valence-electron chi connectivity index (χ3n) is 2.74. The summed E-state index contributed by atoms with van der Waals surface area (Å²) in [7, 11) is 0. The molecule has 3 nitrogen and oxygen atoms in total. The number of hydrogen-bond acceptors (Lipinski definition) is 3. The Morgan fingerprint density at radius 2 is 1.50 bits per heavy atom. The normalized spacial score (nSPS) is 10.8. The Bertz CT molecular complexity index is 767. The van der Waals surface area contributed by atoms with Crippen LogP contribution in [0.5, 0.6) is 0 Å². The Kier molecular flexibility index (Phi) is 3.66. The summed E-state index contributed by atoms with van der Waals surface area (Å²) in [4.78, 5) is 8.38. The smallest absolute Gasteiger partial charge is 0.224 e. The van der Waals surface area contributed by atoms with Gasteiger partial charge in [0, 0.05) is 21.1 Å². The van der Waals surface area contributed by atoms with Crippen molar-refractivity contribution in [2.45, 2.75) is 0 Å². The van der Waals surface area contributed by atoms with Gasteiger partial charge in [0.1, 0.15) is 5.82 Å². The minimum Gasteiger partial charge on any atom is -0.340 e. The number of nitrogens with one attached hydrogen (secondary N) is 1. The molecule has 0 aliphatic carbocycles. The number of fused-ring (bicyclic) bond motifs is 1. The zero-order valence-electron chi connectivity index (χ0n) is 10.1. The molecular weight excluding hydrogens is 317 g/mol. The molecule has 3 aromatic rings. The van der Waals surface area contributed by atoms with Crippen LogP contribution in [0.1, 0.15) is 0 Å². The van der Waals surface area contributed by atoms with Gasteiger partial charge in [-0.2, -0.15) is 4.98 Å². The van der Waals surface area contributed by atoms with E-state index in [1.807, 2.05) is 18.2 Å². The first kappa shape index (κ1) is 13.4. The van der Waals surface area contributed by atoms with Gasteiger partial charge in [-0.25, -0.2) is 4.98 Å². The summed E-state index contributed by atoms with van der Waals surface area (Å²) in [5.41, 5.74) is 1.55. The second-order valence-corrected chi connectivity index (χ2v) is 5.35. The Hall–Kier alpha value is -1.55. The van der Waals surface area contributed by atoms with Crippen LogP contribution in [-0.4, -0.2) is 9.97 Å². The zero-order chi connectivity index (χ0) is 14.1. The first-order valence-electron chi connectivity index (χ1n) is 5.77. The Morgan fingerprint density at radius 1 is 0.800 bits per heavy atom. The molecular formula is C14H8Cl3N3. The Balaban J connectivity index is 2.08. The number of anilines is 2. The molecule has 0 saturated heterocycles. The minimum absolute atomic E-state index is 0.163. The van der Waals surface area contributed by atoms with E-state index in [1.54, 1.807) is 24.3 Å². The van der Waals surface area contributed by atoms with Gasteiger partial charge in [0.2, 0.25) is 5.28 Å². The van der Waals surface area contributed by atoms with Crippen molar-refractivity contribution in [1.82, 2.24) is 9.97 Å². The van der Waals surface area contributed by atoms with Gasteiger partial charge >= 0.3 is 0 Å². The maximum absolute atomic E-state index is 5.96. The Morgan fingerprint density at radius 3 is 2.25 bits per heavy atom. The second-order valence-electron chi connectivity index (χ2n) is 4.13. The van der Waals surface area contributed by atoms with E-state index in [-0.39, 0.29) is 5.28 Å². The summed E-state index contributed by atoms with van der Waals surface area (Å²) in [6.45, 7) is 0. The van der Waals surface area contributed by atoms with Gasteiger partial charge < -0.3 is 5.32 Å². The minimum atomic E-state index is 0.163. The molecule has 0 atom stereocenters. The van der Waals surface area contributed by atoms with Crippen molar-refractivity contribution < 1.29 is 0 Å². The lowest BCUT2D eigenvalue weighted by molar-refractivity contribution is 1.22. The molecule has 0 amide bonds. The lowest BCUT2D eigenvalue weighted by Crippen LogP contribution is -1.97. The van der Waals surface area contributed by atoms with E-state index in [1.165, 1.54) is 0 Å². The van der Waals surface area contributed by atoms with Crippen molar-refractivity contribution in [2.24, 2.45) is 0 Å². The quantitative estimate of drug-likeness (QED) is 0.647. The van der Waals surface area contributed by atoms with Gasteiger partial charge in [-0.1, -0.05) is 23.2 Å². The number of benzene rings is 2. The van der Waals surface area contributed by atoms with Crippen LogP contribution < -0.4 is 5.32 Å². The van der Waals surface area contributed by atoms with Gasteiger partial charge in [-0.05, 0) is 54.1 Å². The monoisotopic (exact) mass is 323 g/mol. The second kappa shape index (κ2) is 5.44. The zero-order valence-corrected chi connectivity index (χ0v) is 12.3. The first-order chi connectivity index (χ1) is 9.61. The summed E-state index contributed by atoms with van der Waals surface area (Å²) in [6.07, 6.45) is 0. The molecule has 0 fully saturated rings. The largest absolute Gasteiger partial charge is 0.340 e. The van der Waals surface area contributed by atoms with Crippen molar-refractivity contribution in [3.05, 3.63) is 57.8 Å². The molecule has 0 saturated carbocycles. The van der Waals surface area contributed by atoms with E-state index >= 15 is 0 Å². The molecule has 6 heteroatoms. The van der Waals surface area contributed by atoms with Crippen LogP contribution in [0.3, 0.4) is 0 Å². The summed E-state index contributed by atoms with van der Waals surface area (Å²) in [6, 6.07) is 12.7. The number of nitrogens with zero attached hydrogens (tertiary/aromatic N) is 2. The molecule has 3 rings (SSSR count). The number of halogens is 3. The molecule has 1 heterocycles. The van der Waals surface area contributed by atoms with Crippen molar-refractivity contribution in [1.29, 1.82) is 0 Å². The molecule has 0 spiro atoms. The van der Waals surface area contributed by atoms with Crippen LogP contribution in [0.4, 0.5) is 11.5 Å². The van der Waals surface area contributed by atoms with Gasteiger partial charge in [-0.3, -0.25) is 0 Å². The SMILES string of the molecule is Clc1ccc(Nc2nc(Cl)nc3cc(Cl)ccc23)cc1. The first-order valence-corrected chi connectivity index (χ1v) is 6.90. The molecule has 2 aromatic carbocycles. The molecule has 0 unspecified atom stereocenters. The van der Waals surface area contributed by atoms with Gasteiger partial charge in [0.25, 0.3) is 0 Å². The molecule has 0 bridgehead atoms. The fraction of sp³-hybridized carbons (Fsp3) is 0. The highest BCUT2D eigenvalue weighted by molar-refractivity contribution is 6.32. The number of hydrogen-bond donors (Lipinski definition) is 1. The van der Waals surface area contributed by atoms with Crippen molar-refractivity contribution in [3.63, 3.8) is 0 Å². The van der Waals surface area contributed by atoms with E-state index in [0.29, 0.717) is 21.4 Å². The Labute approximate surface area is 130 Å². The van der Waals surface area contributed by atoms with E-state index in [2.05, 4.69) is 15.3 Å². The molecule has 1 aromatic heterocycles. The topological polar surface area (TPSA) is 37.8 Å². The van der Waals surface area contributed by atoms with E-state index in [0.717, 1.165) is 11.1 Å². The number of aromatic nitrogens is 2. The highest BCUT2D eigenvalue weighted by Crippen LogP contribution is 2.27. The maximum Gasteiger partial charge on any atom is 0.224 e. The molecule has 0 aliphatic rings. The lowest BCUT2D eigenvalue weighted by atomic mass is 10.2. The highest BCUT2D eigenvalue weighted by atomic mass is 35.5. The van der Waals surface area contributed by atoms with Crippen molar-refractivity contribution >= 4 is 57.2 Å². The third kappa shape index (κ3) is 2.80. The van der Waals surface area contributed by atoms with Crippen LogP contribution >= 0.6 is 34.8 Å². The molecule has 0 radical (unpaired) electrons. The van der Waals surface area contributed by atoms with Gasteiger partial charge in [0.05, 0.1) is 5.52 Å². The van der Waals surface area contributed by atoms with Crippen LogP contribution in [0, 0.1) is 0 Å². The van der Waals surface area contributed by atoms with E-state index in [9.17, 15) is 0 Å². The van der Waals surface area contributed by atoms with E-state index < -0.39 is 0 Å². The van der Waals surface area contributed by atoms with Crippen LogP contribution in [0.15, 0.2) is 42.5 Å². The highest BCUT2D eigenvalue weighted by Gasteiger charge is 2.07. The molecule has 1 N–H and O–H groups in total. The number of rotatable bonds is 2. The summed E-state index contributed by atoms with van der Waals surface area (Å²) in [5, 5.41) is 5.48. The summed E-state index contributed by atoms with van der Waals surface area (Å²) < 4.78 is 0. The standard InChI is InChI=1S/C14H8Cl3N3/c15-8-1-4-10(5-2-8)18-13-11-6-3-9(16)7-12(11)19-14(17)20-13/h1-7H,(H,18,19,20). The predicted octanol–water partition coefficient (Wildman–Crippen LogP) is 5.33. The van der Waals surface area contributed by atoms with Crippen LogP contribution in [0.2, 0.25) is 15.3 Å². The van der Waals surface area contributed by atoms with Gasteiger partial charge in [0.15, 0.2) is 0 Å². The van der Waals surface area contributed by atoms with E-state index in [4.69, 9.17) is 34.8 Å². The third-order valence-corrected chi connectivity index (χ3v) is 3.39. The van der Waals surface area contributed by atoms with Crippen LogP contribution in [0.25, 0.3) is 10.9 Å². The average molecular weight is 325 g/mol. The average Bonchev–Trinajstić information content (AvgIpc) is 2.40. The molecule has 20 heavy (non-hydrogen) atoms. The van der Waals surface area contributed by atoms with Crippen molar-refractivity contribution in [2.75, 3.05) is 5.32 Å². The van der Waals surface area contributed by atoms with Crippen LogP contribution in [-0.2, 0) is 0 Å². The molecule has 100 valence electrons. The predicted molar refractivity (Wildman–Crippen MR) is 84.3 cm³/mol. The summed E-state index contributed by atoms with van der Waals surface area (Å²) in [5.74, 6) is 0.624. The lowest BCUT2D eigenvalue weighted by Gasteiger charge is -2.09. The maximum atomic E-state index is 5.96. The van der Waals surface area contributed by atoms with Gasteiger partial charge in [-0.15, -0.1) is 0 Å². The fourth-order valence-electron chi connectivity index (χ4n) is 1.84. The fourth-order valence-corrected chi connectivity index (χ4v) is 2.31. The van der Waals surface area contributed by atoms with Crippen molar-refractivity contribution in [3.8, 4) is 0 Å².